The molecule has 5 nitrogen and oxygen atoms in total. The Morgan fingerprint density at radius 1 is 1.25 bits per heavy atom. The van der Waals surface area contributed by atoms with Crippen LogP contribution in [0.5, 0.6) is 5.75 Å². The number of benzene rings is 1. The number of amides is 2. The number of carbonyl (C=O) groups is 2. The van der Waals surface area contributed by atoms with Crippen LogP contribution >= 0.6 is 0 Å². The average Bonchev–Trinajstić information content (AvgIpc) is 2.68. The molecule has 0 bridgehead atoms. The number of hydrogen-bond donors (Lipinski definition) is 1. The fraction of sp³-hybridized carbons (Fsp3) is 0.652. The Kier molecular flexibility index (Phi) is 6.97. The second-order valence-corrected chi connectivity index (χ2v) is 8.72. The summed E-state index contributed by atoms with van der Waals surface area (Å²) < 4.78 is 5.62. The minimum atomic E-state index is -0.0159. The van der Waals surface area contributed by atoms with Gasteiger partial charge >= 0.3 is 0 Å². The van der Waals surface area contributed by atoms with Gasteiger partial charge in [0.15, 0.2) is 6.61 Å². The standard InChI is InChI=1S/C23H34N2O3/c1-4-5-6-17-7-9-18(10-8-17)23(27)24-19-11-12-20-21(13-19)28-15-22(26)25(20)14-16(2)3/h11-13,16-18H,4-10,14-15H2,1-3H3,(H,24,27). The number of anilines is 2. The number of hydrogen-bond acceptors (Lipinski definition) is 3. The van der Waals surface area contributed by atoms with Gasteiger partial charge in [0, 0.05) is 24.2 Å². The molecule has 3 rings (SSSR count). The van der Waals surface area contributed by atoms with Crippen molar-refractivity contribution in [3.63, 3.8) is 0 Å². The normalized spacial score (nSPS) is 22.0. The van der Waals surface area contributed by atoms with E-state index in [0.717, 1.165) is 43.0 Å². The van der Waals surface area contributed by atoms with Crippen LogP contribution in [0.2, 0.25) is 0 Å². The summed E-state index contributed by atoms with van der Waals surface area (Å²) in [5.74, 6) is 2.04. The van der Waals surface area contributed by atoms with Gasteiger partial charge in [-0.25, -0.2) is 0 Å². The van der Waals surface area contributed by atoms with Crippen molar-refractivity contribution < 1.29 is 14.3 Å². The van der Waals surface area contributed by atoms with Crippen LogP contribution in [-0.4, -0.2) is 25.0 Å². The third kappa shape index (κ3) is 5.06. The fourth-order valence-corrected chi connectivity index (χ4v) is 4.30. The van der Waals surface area contributed by atoms with E-state index in [9.17, 15) is 9.59 Å². The summed E-state index contributed by atoms with van der Waals surface area (Å²) in [5.41, 5.74) is 1.54. The molecule has 0 atom stereocenters. The fourth-order valence-electron chi connectivity index (χ4n) is 4.30. The highest BCUT2D eigenvalue weighted by Crippen LogP contribution is 2.36. The maximum absolute atomic E-state index is 12.7. The molecule has 28 heavy (non-hydrogen) atoms. The van der Waals surface area contributed by atoms with Crippen molar-refractivity contribution in [2.75, 3.05) is 23.4 Å². The first-order valence-electron chi connectivity index (χ1n) is 10.9. The topological polar surface area (TPSA) is 58.6 Å². The zero-order valence-electron chi connectivity index (χ0n) is 17.5. The Balaban J connectivity index is 1.60. The van der Waals surface area contributed by atoms with Gasteiger partial charge in [0.25, 0.3) is 5.91 Å². The van der Waals surface area contributed by atoms with Crippen LogP contribution < -0.4 is 15.0 Å². The van der Waals surface area contributed by atoms with Crippen molar-refractivity contribution in [3.05, 3.63) is 18.2 Å². The summed E-state index contributed by atoms with van der Waals surface area (Å²) in [5, 5.41) is 3.06. The van der Waals surface area contributed by atoms with E-state index in [4.69, 9.17) is 4.74 Å². The Bertz CT molecular complexity index is 693. The first-order valence-corrected chi connectivity index (χ1v) is 10.9. The highest BCUT2D eigenvalue weighted by Gasteiger charge is 2.28. The van der Waals surface area contributed by atoms with E-state index in [1.807, 2.05) is 18.2 Å². The van der Waals surface area contributed by atoms with Crippen molar-refractivity contribution in [2.24, 2.45) is 17.8 Å². The van der Waals surface area contributed by atoms with Gasteiger partial charge in [-0.1, -0.05) is 40.0 Å². The molecular weight excluding hydrogens is 352 g/mol. The minimum Gasteiger partial charge on any atom is -0.481 e. The van der Waals surface area contributed by atoms with Gasteiger partial charge in [-0.05, 0) is 49.7 Å². The van der Waals surface area contributed by atoms with Crippen molar-refractivity contribution in [1.29, 1.82) is 0 Å². The first-order chi connectivity index (χ1) is 13.5. The average molecular weight is 387 g/mol. The lowest BCUT2D eigenvalue weighted by Crippen LogP contribution is -2.41. The molecular formula is C23H34N2O3. The van der Waals surface area contributed by atoms with Crippen molar-refractivity contribution in [3.8, 4) is 5.75 Å². The summed E-state index contributed by atoms with van der Waals surface area (Å²) in [6.07, 6.45) is 8.15. The number of ether oxygens (including phenoxy) is 1. The van der Waals surface area contributed by atoms with Gasteiger partial charge in [-0.3, -0.25) is 9.59 Å². The van der Waals surface area contributed by atoms with Crippen LogP contribution in [0, 0.1) is 17.8 Å². The SMILES string of the molecule is CCCCC1CCC(C(=O)Nc2ccc3c(c2)OCC(=O)N3CC(C)C)CC1. The first kappa shape index (κ1) is 20.7. The van der Waals surface area contributed by atoms with Gasteiger partial charge in [-0.15, -0.1) is 0 Å². The predicted molar refractivity (Wildman–Crippen MR) is 113 cm³/mol. The second-order valence-electron chi connectivity index (χ2n) is 8.72. The molecule has 1 aliphatic heterocycles. The van der Waals surface area contributed by atoms with Crippen LogP contribution in [0.15, 0.2) is 18.2 Å². The number of unbranched alkanes of at least 4 members (excludes halogenated alkanes) is 1. The summed E-state index contributed by atoms with van der Waals surface area (Å²) in [7, 11) is 0. The lowest BCUT2D eigenvalue weighted by molar-refractivity contribution is -0.122. The van der Waals surface area contributed by atoms with Crippen LogP contribution in [0.3, 0.4) is 0 Å². The van der Waals surface area contributed by atoms with E-state index in [2.05, 4.69) is 26.1 Å². The number of fused-ring (bicyclic) bond motifs is 1. The Morgan fingerprint density at radius 2 is 2.00 bits per heavy atom. The smallest absolute Gasteiger partial charge is 0.265 e. The van der Waals surface area contributed by atoms with E-state index < -0.39 is 0 Å². The highest BCUT2D eigenvalue weighted by molar-refractivity contribution is 5.99. The third-order valence-electron chi connectivity index (χ3n) is 5.90. The minimum absolute atomic E-state index is 0.0159. The van der Waals surface area contributed by atoms with Gasteiger partial charge in [0.2, 0.25) is 5.91 Å². The predicted octanol–water partition coefficient (Wildman–Crippen LogP) is 5.00. The molecule has 1 heterocycles. The third-order valence-corrected chi connectivity index (χ3v) is 5.90. The lowest BCUT2D eigenvalue weighted by Gasteiger charge is -2.31. The summed E-state index contributed by atoms with van der Waals surface area (Å²) in [6, 6.07) is 5.60. The highest BCUT2D eigenvalue weighted by atomic mass is 16.5. The van der Waals surface area contributed by atoms with Crippen LogP contribution in [0.25, 0.3) is 0 Å². The van der Waals surface area contributed by atoms with Gasteiger partial charge in [0.05, 0.1) is 5.69 Å². The zero-order valence-corrected chi connectivity index (χ0v) is 17.5. The molecule has 0 aromatic heterocycles. The van der Waals surface area contributed by atoms with Crippen LogP contribution in [-0.2, 0) is 9.59 Å². The summed E-state index contributed by atoms with van der Waals surface area (Å²) >= 11 is 0. The zero-order chi connectivity index (χ0) is 20.1. The maximum Gasteiger partial charge on any atom is 0.265 e. The monoisotopic (exact) mass is 386 g/mol. The summed E-state index contributed by atoms with van der Waals surface area (Å²) in [6.45, 7) is 7.14. The molecule has 0 saturated heterocycles. The van der Waals surface area contributed by atoms with Gasteiger partial charge in [0.1, 0.15) is 5.75 Å². The molecule has 2 aliphatic rings. The lowest BCUT2D eigenvalue weighted by atomic mass is 9.79. The molecule has 1 aromatic carbocycles. The Morgan fingerprint density at radius 3 is 2.68 bits per heavy atom. The second kappa shape index (κ2) is 9.44. The number of rotatable bonds is 7. The molecule has 0 unspecified atom stereocenters. The molecule has 154 valence electrons. The van der Waals surface area contributed by atoms with E-state index in [-0.39, 0.29) is 24.3 Å². The largest absolute Gasteiger partial charge is 0.481 e. The molecule has 2 amide bonds. The van der Waals surface area contributed by atoms with Crippen LogP contribution in [0.1, 0.15) is 65.7 Å². The Labute approximate surface area is 168 Å². The van der Waals surface area contributed by atoms with Gasteiger partial charge in [-0.2, -0.15) is 0 Å². The van der Waals surface area contributed by atoms with Gasteiger partial charge < -0.3 is 15.0 Å². The molecule has 0 spiro atoms. The van der Waals surface area contributed by atoms with Crippen molar-refractivity contribution >= 4 is 23.2 Å². The Hall–Kier alpha value is -2.04. The van der Waals surface area contributed by atoms with Crippen LogP contribution in [0.4, 0.5) is 11.4 Å². The summed E-state index contributed by atoms with van der Waals surface area (Å²) in [4.78, 5) is 26.7. The molecule has 1 aromatic rings. The van der Waals surface area contributed by atoms with E-state index in [1.165, 1.54) is 19.3 Å². The number of carbonyl (C=O) groups excluding carboxylic acids is 2. The quantitative estimate of drug-likeness (QED) is 0.717. The van der Waals surface area contributed by atoms with Crippen molar-refractivity contribution in [2.45, 2.75) is 65.7 Å². The molecule has 5 heteroatoms. The van der Waals surface area contributed by atoms with E-state index in [0.29, 0.717) is 18.2 Å². The van der Waals surface area contributed by atoms with E-state index in [1.54, 1.807) is 4.90 Å². The molecule has 1 aliphatic carbocycles. The maximum atomic E-state index is 12.7. The number of nitrogens with zero attached hydrogens (tertiary/aromatic N) is 1. The molecule has 1 fully saturated rings. The molecule has 0 radical (unpaired) electrons. The van der Waals surface area contributed by atoms with E-state index >= 15 is 0 Å². The number of nitrogens with one attached hydrogen (secondary N) is 1. The molecule has 1 N–H and O–H groups in total. The molecule has 1 saturated carbocycles. The van der Waals surface area contributed by atoms with Crippen molar-refractivity contribution in [1.82, 2.24) is 0 Å².